The monoisotopic (exact) mass is 544 g/mol. The number of sulfone groups is 1. The summed E-state index contributed by atoms with van der Waals surface area (Å²) in [6.07, 6.45) is 8.36. The van der Waals surface area contributed by atoms with E-state index in [0.717, 1.165) is 32.2 Å². The molecule has 38 heavy (non-hydrogen) atoms. The van der Waals surface area contributed by atoms with Crippen LogP contribution in [0.3, 0.4) is 0 Å². The van der Waals surface area contributed by atoms with Gasteiger partial charge in [-0.25, -0.2) is 17.2 Å². The van der Waals surface area contributed by atoms with Gasteiger partial charge in [0.1, 0.15) is 6.33 Å². The molecule has 1 saturated carbocycles. The lowest BCUT2D eigenvalue weighted by atomic mass is 9.93. The molecule has 12 heteroatoms. The predicted octanol–water partition coefficient (Wildman–Crippen LogP) is 4.00. The van der Waals surface area contributed by atoms with Gasteiger partial charge in [0.05, 0.1) is 27.5 Å². The highest BCUT2D eigenvalue weighted by molar-refractivity contribution is 7.90. The minimum absolute atomic E-state index is 0.167. The molecule has 1 spiro atoms. The second-order valence-electron chi connectivity index (χ2n) is 10.9. The third-order valence-corrected chi connectivity index (χ3v) is 9.34. The average molecular weight is 545 g/mol. The minimum Gasteiger partial charge on any atom is -0.371 e. The first-order valence-electron chi connectivity index (χ1n) is 12.9. The van der Waals surface area contributed by atoms with Crippen LogP contribution in [0.5, 0.6) is 0 Å². The van der Waals surface area contributed by atoms with Crippen molar-refractivity contribution in [1.82, 2.24) is 14.6 Å². The van der Waals surface area contributed by atoms with E-state index in [1.54, 1.807) is 28.8 Å². The van der Waals surface area contributed by atoms with Crippen LogP contribution in [-0.4, -0.2) is 67.3 Å². The molecule has 202 valence electrons. The number of hydrogen-bond acceptors (Lipinski definition) is 7. The van der Waals surface area contributed by atoms with E-state index in [-0.39, 0.29) is 36.7 Å². The van der Waals surface area contributed by atoms with E-state index >= 15 is 0 Å². The second-order valence-corrected chi connectivity index (χ2v) is 12.9. The van der Waals surface area contributed by atoms with E-state index in [1.807, 2.05) is 4.90 Å². The molecule has 3 aliphatic rings. The van der Waals surface area contributed by atoms with E-state index in [4.69, 9.17) is 0 Å². The number of fused-ring (bicyclic) bond motifs is 1. The first-order valence-corrected chi connectivity index (χ1v) is 14.8. The number of piperidine rings is 2. The first kappa shape index (κ1) is 25.0. The number of alkyl halides is 2. The molecule has 0 bridgehead atoms. The summed E-state index contributed by atoms with van der Waals surface area (Å²) in [5.74, 6) is -3.07. The summed E-state index contributed by atoms with van der Waals surface area (Å²) in [4.78, 5) is 17.7. The molecule has 2 aromatic heterocycles. The lowest BCUT2D eigenvalue weighted by Crippen LogP contribution is -2.39. The fourth-order valence-electron chi connectivity index (χ4n) is 5.59. The molecule has 1 aliphatic carbocycles. The maximum absolute atomic E-state index is 13.8. The zero-order chi connectivity index (χ0) is 26.7. The number of anilines is 3. The van der Waals surface area contributed by atoms with Crippen LogP contribution in [0.25, 0.3) is 5.65 Å². The highest BCUT2D eigenvalue weighted by atomic mass is 32.2. The number of hydrogen-bond donors (Lipinski definition) is 1. The summed E-state index contributed by atoms with van der Waals surface area (Å²) < 4.78 is 53.8. The summed E-state index contributed by atoms with van der Waals surface area (Å²) in [7, 11) is -3.45. The fourth-order valence-corrected chi connectivity index (χ4v) is 6.23. The summed E-state index contributed by atoms with van der Waals surface area (Å²) >= 11 is 0. The Morgan fingerprint density at radius 3 is 2.26 bits per heavy atom. The summed E-state index contributed by atoms with van der Waals surface area (Å²) in [5, 5.41) is 11.0. The number of nitrogens with zero attached hydrogens (tertiary/aromatic N) is 5. The normalized spacial score (nSPS) is 20.6. The number of carbonyl (C=O) groups is 1. The van der Waals surface area contributed by atoms with Crippen LogP contribution in [-0.2, 0) is 9.84 Å². The highest BCUT2D eigenvalue weighted by Gasteiger charge is 2.44. The molecule has 9 nitrogen and oxygen atoms in total. The average Bonchev–Trinajstić information content (AvgIpc) is 3.45. The van der Waals surface area contributed by atoms with Crippen molar-refractivity contribution in [3.05, 3.63) is 42.4 Å². The van der Waals surface area contributed by atoms with Gasteiger partial charge in [-0.1, -0.05) is 0 Å². The van der Waals surface area contributed by atoms with Crippen LogP contribution in [0.2, 0.25) is 0 Å². The number of pyridine rings is 1. The SMILES string of the molecule is CS(=O)(=O)c1ccc(C(=O)Nc2cc(N3CCC(F)(F)CC3)c3nncn3c2)c(N2CCC3(CC2)CC3)c1. The Labute approximate surface area is 219 Å². The lowest BCUT2D eigenvalue weighted by Gasteiger charge is -2.35. The molecule has 0 atom stereocenters. The zero-order valence-electron chi connectivity index (χ0n) is 21.2. The van der Waals surface area contributed by atoms with Crippen molar-refractivity contribution in [2.45, 2.75) is 49.3 Å². The largest absolute Gasteiger partial charge is 0.371 e. The molecule has 1 aromatic carbocycles. The third-order valence-electron chi connectivity index (χ3n) is 8.23. The van der Waals surface area contributed by atoms with Crippen LogP contribution in [0.4, 0.5) is 25.8 Å². The summed E-state index contributed by atoms with van der Waals surface area (Å²) in [6.45, 7) is 1.87. The second kappa shape index (κ2) is 8.89. The van der Waals surface area contributed by atoms with E-state index in [2.05, 4.69) is 20.4 Å². The number of benzene rings is 1. The highest BCUT2D eigenvalue weighted by Crippen LogP contribution is 2.54. The van der Waals surface area contributed by atoms with Crippen LogP contribution in [0, 0.1) is 5.41 Å². The number of halogens is 2. The van der Waals surface area contributed by atoms with Crippen LogP contribution in [0.1, 0.15) is 48.9 Å². The molecule has 2 saturated heterocycles. The number of aromatic nitrogens is 3. The minimum atomic E-state index is -3.45. The summed E-state index contributed by atoms with van der Waals surface area (Å²) in [6, 6.07) is 6.35. The maximum atomic E-state index is 13.8. The van der Waals surface area contributed by atoms with Crippen molar-refractivity contribution in [1.29, 1.82) is 0 Å². The molecule has 4 heterocycles. The maximum Gasteiger partial charge on any atom is 0.257 e. The lowest BCUT2D eigenvalue weighted by molar-refractivity contribution is -0.0220. The van der Waals surface area contributed by atoms with Gasteiger partial charge < -0.3 is 15.1 Å². The fraction of sp³-hybridized carbons (Fsp3) is 0.500. The Kier molecular flexibility index (Phi) is 5.85. The van der Waals surface area contributed by atoms with Gasteiger partial charge in [0.15, 0.2) is 15.5 Å². The summed E-state index contributed by atoms with van der Waals surface area (Å²) in [5.41, 5.74) is 3.01. The molecule has 2 aliphatic heterocycles. The van der Waals surface area contributed by atoms with Gasteiger partial charge in [-0.3, -0.25) is 9.20 Å². The zero-order valence-corrected chi connectivity index (χ0v) is 22.0. The Hall–Kier alpha value is -3.28. The predicted molar refractivity (Wildman–Crippen MR) is 140 cm³/mol. The Bertz CT molecular complexity index is 1500. The molecule has 3 aromatic rings. The molecular weight excluding hydrogens is 514 g/mol. The number of amides is 1. The third kappa shape index (κ3) is 4.81. The van der Waals surface area contributed by atoms with Gasteiger partial charge in [-0.05, 0) is 55.4 Å². The van der Waals surface area contributed by atoms with Crippen molar-refractivity contribution in [3.8, 4) is 0 Å². The topological polar surface area (TPSA) is 99.9 Å². The molecule has 0 unspecified atom stereocenters. The van der Waals surface area contributed by atoms with Gasteiger partial charge in [-0.15, -0.1) is 10.2 Å². The van der Waals surface area contributed by atoms with Gasteiger partial charge in [0.25, 0.3) is 11.8 Å². The van der Waals surface area contributed by atoms with Gasteiger partial charge in [-0.2, -0.15) is 0 Å². The Balaban J connectivity index is 1.31. The number of carbonyl (C=O) groups excluding carboxylic acids is 1. The van der Waals surface area contributed by atoms with Crippen molar-refractivity contribution < 1.29 is 22.0 Å². The van der Waals surface area contributed by atoms with Gasteiger partial charge >= 0.3 is 0 Å². The van der Waals surface area contributed by atoms with E-state index in [0.29, 0.717) is 33.7 Å². The van der Waals surface area contributed by atoms with Crippen molar-refractivity contribution in [2.24, 2.45) is 5.41 Å². The van der Waals surface area contributed by atoms with Crippen molar-refractivity contribution >= 4 is 38.5 Å². The molecule has 3 fully saturated rings. The van der Waals surface area contributed by atoms with Crippen LogP contribution >= 0.6 is 0 Å². The first-order chi connectivity index (χ1) is 18.0. The molecule has 6 rings (SSSR count). The molecule has 1 N–H and O–H groups in total. The van der Waals surface area contributed by atoms with Crippen LogP contribution < -0.4 is 15.1 Å². The Morgan fingerprint density at radius 2 is 1.61 bits per heavy atom. The standard InChI is InChI=1S/C26H30F2N6O3S/c1-38(36,37)19-2-3-20(21(15-19)32-10-6-25(4-5-25)7-11-32)24(35)30-18-14-22(23-31-29-17-34(23)16-18)33-12-8-26(27,28)9-13-33/h2-3,14-17H,4-13H2,1H3,(H,30,35). The Morgan fingerprint density at radius 1 is 0.947 bits per heavy atom. The van der Waals surface area contributed by atoms with Crippen molar-refractivity contribution in [2.75, 3.05) is 47.6 Å². The molecule has 0 radical (unpaired) electrons. The number of rotatable bonds is 5. The van der Waals surface area contributed by atoms with E-state index in [1.165, 1.54) is 25.2 Å². The number of nitrogens with one attached hydrogen (secondary N) is 1. The van der Waals surface area contributed by atoms with Crippen molar-refractivity contribution in [3.63, 3.8) is 0 Å². The molecule has 1 amide bonds. The van der Waals surface area contributed by atoms with E-state index < -0.39 is 15.8 Å². The van der Waals surface area contributed by atoms with E-state index in [9.17, 15) is 22.0 Å². The quantitative estimate of drug-likeness (QED) is 0.518. The van der Waals surface area contributed by atoms with Crippen LogP contribution in [0.15, 0.2) is 41.7 Å². The molecular formula is C26H30F2N6O3S. The smallest absolute Gasteiger partial charge is 0.257 e. The van der Waals surface area contributed by atoms with Gasteiger partial charge in [0, 0.05) is 51.5 Å². The van der Waals surface area contributed by atoms with Gasteiger partial charge in [0.2, 0.25) is 0 Å².